The van der Waals surface area contributed by atoms with Crippen LogP contribution < -0.4 is 0 Å². The van der Waals surface area contributed by atoms with E-state index in [-0.39, 0.29) is 11.1 Å². The molecule has 0 radical (unpaired) electrons. The Kier molecular flexibility index (Phi) is 2.75. The Bertz CT molecular complexity index is 455. The smallest absolute Gasteiger partial charge is 0.279 e. The maximum atomic E-state index is 10.5. The molecule has 78 valence electrons. The van der Waals surface area contributed by atoms with E-state index >= 15 is 0 Å². The second kappa shape index (κ2) is 3.82. The molecule has 0 aliphatic carbocycles. The Hall–Kier alpha value is -2.31. The van der Waals surface area contributed by atoms with Crippen LogP contribution >= 0.6 is 0 Å². The van der Waals surface area contributed by atoms with Crippen LogP contribution in [-0.4, -0.2) is 16.1 Å². The first-order valence-corrected chi connectivity index (χ1v) is 3.86. The van der Waals surface area contributed by atoms with Crippen molar-refractivity contribution in [1.82, 2.24) is 0 Å². The van der Waals surface area contributed by atoms with Gasteiger partial charge in [-0.05, 0) is 6.92 Å². The van der Waals surface area contributed by atoms with Crippen molar-refractivity contribution in [3.63, 3.8) is 0 Å². The van der Waals surface area contributed by atoms with Gasteiger partial charge in [-0.2, -0.15) is 0 Å². The normalized spacial score (nSPS) is 9.67. The molecule has 15 heavy (non-hydrogen) atoms. The van der Waals surface area contributed by atoms with Crippen molar-refractivity contribution in [2.45, 2.75) is 6.92 Å². The molecule has 0 bridgehead atoms. The first-order chi connectivity index (χ1) is 6.97. The van der Waals surface area contributed by atoms with E-state index in [0.717, 1.165) is 12.1 Å². The molecule has 0 amide bonds. The summed E-state index contributed by atoms with van der Waals surface area (Å²) in [6.45, 7) is 1.37. The Morgan fingerprint density at radius 1 is 1.20 bits per heavy atom. The monoisotopic (exact) mass is 210 g/mol. The lowest BCUT2D eigenvalue weighted by atomic mass is 10.1. The molecule has 0 saturated heterocycles. The van der Waals surface area contributed by atoms with Crippen LogP contribution in [0.25, 0.3) is 0 Å². The summed E-state index contributed by atoms with van der Waals surface area (Å²) >= 11 is 0. The number of non-ortho nitro benzene ring substituents is 1. The minimum atomic E-state index is -0.778. The number of hydrogen-bond acceptors (Lipinski definition) is 5. The SMILES string of the molecule is Cc1c(C=O)cc([N+](=O)[O-])cc1[N+](=O)[O-]. The fourth-order valence-electron chi connectivity index (χ4n) is 1.12. The lowest BCUT2D eigenvalue weighted by molar-refractivity contribution is -0.394. The van der Waals surface area contributed by atoms with Gasteiger partial charge in [-0.3, -0.25) is 25.0 Å². The Labute approximate surface area is 83.6 Å². The highest BCUT2D eigenvalue weighted by Gasteiger charge is 2.20. The van der Waals surface area contributed by atoms with Crippen molar-refractivity contribution in [2.75, 3.05) is 0 Å². The summed E-state index contributed by atoms with van der Waals surface area (Å²) in [5, 5.41) is 21.0. The molecule has 1 rings (SSSR count). The number of nitro groups is 2. The number of carbonyl (C=O) groups excluding carboxylic acids is 1. The first-order valence-electron chi connectivity index (χ1n) is 3.86. The molecule has 0 aromatic heterocycles. The number of benzene rings is 1. The maximum Gasteiger partial charge on any atom is 0.279 e. The average Bonchev–Trinajstić information content (AvgIpc) is 2.17. The fraction of sp³-hybridized carbons (Fsp3) is 0.125. The molecule has 0 N–H and O–H groups in total. The van der Waals surface area contributed by atoms with Crippen molar-refractivity contribution < 1.29 is 14.6 Å². The molecule has 0 aliphatic heterocycles. The van der Waals surface area contributed by atoms with E-state index in [1.807, 2.05) is 0 Å². The highest BCUT2D eigenvalue weighted by atomic mass is 16.6. The van der Waals surface area contributed by atoms with Gasteiger partial charge in [-0.25, -0.2) is 0 Å². The molecule has 7 heteroatoms. The zero-order valence-corrected chi connectivity index (χ0v) is 7.67. The van der Waals surface area contributed by atoms with Gasteiger partial charge in [-0.15, -0.1) is 0 Å². The van der Waals surface area contributed by atoms with Crippen LogP contribution in [-0.2, 0) is 0 Å². The van der Waals surface area contributed by atoms with Gasteiger partial charge in [0.15, 0.2) is 6.29 Å². The van der Waals surface area contributed by atoms with Crippen molar-refractivity contribution in [3.8, 4) is 0 Å². The molecule has 0 aliphatic rings. The molecular formula is C8H6N2O5. The third kappa shape index (κ3) is 1.96. The van der Waals surface area contributed by atoms with Crippen LogP contribution in [0.1, 0.15) is 15.9 Å². The van der Waals surface area contributed by atoms with E-state index in [1.54, 1.807) is 0 Å². The minimum Gasteiger partial charge on any atom is -0.298 e. The molecule has 7 nitrogen and oxygen atoms in total. The molecule has 0 fully saturated rings. The van der Waals surface area contributed by atoms with Crippen molar-refractivity contribution in [2.24, 2.45) is 0 Å². The van der Waals surface area contributed by atoms with E-state index in [9.17, 15) is 25.0 Å². The standard InChI is InChI=1S/C8H6N2O5/c1-5-6(4-11)2-7(9(12)13)3-8(5)10(14)15/h2-4H,1H3. The van der Waals surface area contributed by atoms with Crippen LogP contribution in [0, 0.1) is 27.2 Å². The number of hydrogen-bond donors (Lipinski definition) is 0. The Balaban J connectivity index is 3.51. The lowest BCUT2D eigenvalue weighted by Gasteiger charge is -2.00. The van der Waals surface area contributed by atoms with Gasteiger partial charge in [-0.1, -0.05) is 0 Å². The van der Waals surface area contributed by atoms with Crippen LogP contribution in [0.3, 0.4) is 0 Å². The van der Waals surface area contributed by atoms with Gasteiger partial charge in [0.05, 0.1) is 15.9 Å². The quantitative estimate of drug-likeness (QED) is 0.428. The first kappa shape index (κ1) is 10.8. The van der Waals surface area contributed by atoms with Gasteiger partial charge in [0.2, 0.25) is 0 Å². The number of aldehydes is 1. The van der Waals surface area contributed by atoms with E-state index in [1.165, 1.54) is 6.92 Å². The highest BCUT2D eigenvalue weighted by molar-refractivity contribution is 5.81. The summed E-state index contributed by atoms with van der Waals surface area (Å²) < 4.78 is 0. The zero-order valence-electron chi connectivity index (χ0n) is 7.67. The van der Waals surface area contributed by atoms with Crippen LogP contribution in [0.5, 0.6) is 0 Å². The van der Waals surface area contributed by atoms with Crippen LogP contribution in [0.4, 0.5) is 11.4 Å². The molecule has 0 atom stereocenters. The lowest BCUT2D eigenvalue weighted by Crippen LogP contribution is -1.99. The van der Waals surface area contributed by atoms with Crippen molar-refractivity contribution in [1.29, 1.82) is 0 Å². The van der Waals surface area contributed by atoms with Crippen molar-refractivity contribution in [3.05, 3.63) is 43.5 Å². The Morgan fingerprint density at radius 2 is 1.80 bits per heavy atom. The van der Waals surface area contributed by atoms with Gasteiger partial charge < -0.3 is 0 Å². The highest BCUT2D eigenvalue weighted by Crippen LogP contribution is 2.26. The molecule has 0 heterocycles. The second-order valence-corrected chi connectivity index (χ2v) is 2.81. The third-order valence-corrected chi connectivity index (χ3v) is 1.94. The van der Waals surface area contributed by atoms with Gasteiger partial charge in [0.1, 0.15) is 0 Å². The van der Waals surface area contributed by atoms with Gasteiger partial charge in [0, 0.05) is 17.2 Å². The number of rotatable bonds is 3. The average molecular weight is 210 g/mol. The predicted octanol–water partition coefficient (Wildman–Crippen LogP) is 1.62. The summed E-state index contributed by atoms with van der Waals surface area (Å²) in [5.41, 5.74) is -0.808. The number of nitrogens with zero attached hydrogens (tertiary/aromatic N) is 2. The van der Waals surface area contributed by atoms with Crippen LogP contribution in [0.2, 0.25) is 0 Å². The molecule has 0 unspecified atom stereocenters. The van der Waals surface area contributed by atoms with Crippen molar-refractivity contribution >= 4 is 17.7 Å². The van der Waals surface area contributed by atoms with E-state index in [0.29, 0.717) is 6.29 Å². The van der Waals surface area contributed by atoms with Gasteiger partial charge >= 0.3 is 0 Å². The summed E-state index contributed by atoms with van der Waals surface area (Å²) in [6.07, 6.45) is 0.356. The third-order valence-electron chi connectivity index (χ3n) is 1.94. The summed E-state index contributed by atoms with van der Waals surface area (Å²) in [6, 6.07) is 1.84. The fourth-order valence-corrected chi connectivity index (χ4v) is 1.12. The van der Waals surface area contributed by atoms with Crippen LogP contribution in [0.15, 0.2) is 12.1 Å². The van der Waals surface area contributed by atoms with E-state index < -0.39 is 21.2 Å². The molecule has 1 aromatic carbocycles. The molecular weight excluding hydrogens is 204 g/mol. The number of carbonyl (C=O) groups is 1. The van der Waals surface area contributed by atoms with E-state index in [4.69, 9.17) is 0 Å². The minimum absolute atomic E-state index is 0.0455. The Morgan fingerprint density at radius 3 is 2.20 bits per heavy atom. The second-order valence-electron chi connectivity index (χ2n) is 2.81. The molecule has 0 saturated carbocycles. The summed E-state index contributed by atoms with van der Waals surface area (Å²) in [7, 11) is 0. The molecule has 0 spiro atoms. The molecule has 1 aromatic rings. The number of nitro benzene ring substituents is 2. The topological polar surface area (TPSA) is 103 Å². The summed E-state index contributed by atoms with van der Waals surface area (Å²) in [5.74, 6) is 0. The van der Waals surface area contributed by atoms with Gasteiger partial charge in [0.25, 0.3) is 11.4 Å². The largest absolute Gasteiger partial charge is 0.298 e. The maximum absolute atomic E-state index is 10.5. The predicted molar refractivity (Wildman–Crippen MR) is 49.9 cm³/mol. The van der Waals surface area contributed by atoms with E-state index in [2.05, 4.69) is 0 Å². The zero-order chi connectivity index (χ0) is 11.6. The summed E-state index contributed by atoms with van der Waals surface area (Å²) in [4.78, 5) is 30.0.